The zero-order valence-corrected chi connectivity index (χ0v) is 31.5. The molecule has 0 amide bonds. The van der Waals surface area contributed by atoms with Gasteiger partial charge in [0.2, 0.25) is 0 Å². The monoisotopic (exact) mass is 725 g/mol. The van der Waals surface area contributed by atoms with Crippen molar-refractivity contribution >= 4 is 11.4 Å². The highest BCUT2D eigenvalue weighted by atomic mass is 15.1. The Labute approximate surface area is 334 Å². The quantitative estimate of drug-likeness (QED) is 0.158. The van der Waals surface area contributed by atoms with Gasteiger partial charge in [0, 0.05) is 17.9 Å². The van der Waals surface area contributed by atoms with Crippen molar-refractivity contribution in [2.24, 2.45) is 0 Å². The first-order chi connectivity index (χ1) is 28.3. The SMILES string of the molecule is c1ccc(-c2ccc(N(Cc3ccc(-c4ccccc4)cc3-c3ccccc3)c3ccc4c(c3)C3(c5ccccc5-c5ccccc53)c3ccccc3-4)cc2)cc1. The smallest absolute Gasteiger partial charge is 0.0726 e. The van der Waals surface area contributed by atoms with Gasteiger partial charge in [-0.2, -0.15) is 0 Å². The standard InChI is InChI=1S/C56H39N/c1-4-16-39(17-5-1)41-30-32-45(33-31-41)57(38-44-29-28-43(40-18-6-2-7-19-40)36-51(44)42-20-8-3-9-21-42)46-34-35-50-49-24-12-15-27-54(49)56(55(50)37-46)52-25-13-10-22-47(52)48-23-11-14-26-53(48)56/h1-37H,38H2. The molecule has 0 radical (unpaired) electrons. The van der Waals surface area contributed by atoms with Gasteiger partial charge >= 0.3 is 0 Å². The van der Waals surface area contributed by atoms with Crippen LogP contribution in [-0.4, -0.2) is 0 Å². The summed E-state index contributed by atoms with van der Waals surface area (Å²) in [6.07, 6.45) is 0. The summed E-state index contributed by atoms with van der Waals surface area (Å²) in [5.74, 6) is 0. The molecule has 9 aromatic carbocycles. The zero-order valence-electron chi connectivity index (χ0n) is 31.5. The third kappa shape index (κ3) is 5.31. The topological polar surface area (TPSA) is 3.24 Å². The molecule has 1 spiro atoms. The van der Waals surface area contributed by atoms with E-state index >= 15 is 0 Å². The molecular weight excluding hydrogens is 687 g/mol. The molecule has 9 aromatic rings. The van der Waals surface area contributed by atoms with Crippen molar-refractivity contribution in [2.45, 2.75) is 12.0 Å². The van der Waals surface area contributed by atoms with Gasteiger partial charge in [-0.15, -0.1) is 0 Å². The molecule has 0 fully saturated rings. The van der Waals surface area contributed by atoms with E-state index in [0.717, 1.165) is 5.69 Å². The molecule has 0 aromatic heterocycles. The van der Waals surface area contributed by atoms with Crippen molar-refractivity contribution < 1.29 is 0 Å². The summed E-state index contributed by atoms with van der Waals surface area (Å²) in [6.45, 7) is 0.690. The Morgan fingerprint density at radius 1 is 0.281 bits per heavy atom. The van der Waals surface area contributed by atoms with Gasteiger partial charge in [-0.05, 0) is 114 Å². The van der Waals surface area contributed by atoms with E-state index in [-0.39, 0.29) is 0 Å². The number of benzene rings is 9. The van der Waals surface area contributed by atoms with Gasteiger partial charge in [0.25, 0.3) is 0 Å². The maximum Gasteiger partial charge on any atom is 0.0726 e. The van der Waals surface area contributed by atoms with Crippen molar-refractivity contribution in [3.63, 3.8) is 0 Å². The summed E-state index contributed by atoms with van der Waals surface area (Å²) in [7, 11) is 0. The molecule has 0 aliphatic heterocycles. The predicted octanol–water partition coefficient (Wildman–Crippen LogP) is 14.4. The normalized spacial score (nSPS) is 12.8. The summed E-state index contributed by atoms with van der Waals surface area (Å²) in [5.41, 5.74) is 21.2. The minimum absolute atomic E-state index is 0.412. The van der Waals surface area contributed by atoms with Crippen molar-refractivity contribution in [2.75, 3.05) is 4.90 Å². The van der Waals surface area contributed by atoms with Gasteiger partial charge < -0.3 is 4.90 Å². The van der Waals surface area contributed by atoms with Gasteiger partial charge in [0.1, 0.15) is 0 Å². The number of hydrogen-bond acceptors (Lipinski definition) is 1. The largest absolute Gasteiger partial charge is 0.337 e. The van der Waals surface area contributed by atoms with Crippen LogP contribution in [0.4, 0.5) is 11.4 Å². The van der Waals surface area contributed by atoms with Crippen LogP contribution in [-0.2, 0) is 12.0 Å². The maximum absolute atomic E-state index is 2.52. The highest BCUT2D eigenvalue weighted by Crippen LogP contribution is 2.63. The van der Waals surface area contributed by atoms with Gasteiger partial charge in [0.15, 0.2) is 0 Å². The lowest BCUT2D eigenvalue weighted by Crippen LogP contribution is -2.26. The molecule has 0 N–H and O–H groups in total. The molecule has 1 nitrogen and oxygen atoms in total. The highest BCUT2D eigenvalue weighted by Gasteiger charge is 2.51. The fourth-order valence-corrected chi connectivity index (χ4v) is 9.63. The Balaban J connectivity index is 1.12. The van der Waals surface area contributed by atoms with Gasteiger partial charge in [-0.25, -0.2) is 0 Å². The van der Waals surface area contributed by atoms with E-state index in [0.29, 0.717) is 6.54 Å². The lowest BCUT2D eigenvalue weighted by Gasteiger charge is -2.32. The van der Waals surface area contributed by atoms with Crippen LogP contribution < -0.4 is 4.90 Å². The Bertz CT molecular complexity index is 2850. The average molecular weight is 726 g/mol. The Morgan fingerprint density at radius 3 is 1.26 bits per heavy atom. The molecule has 268 valence electrons. The van der Waals surface area contributed by atoms with E-state index in [1.807, 2.05) is 0 Å². The van der Waals surface area contributed by atoms with E-state index in [1.165, 1.54) is 89.1 Å². The first-order valence-electron chi connectivity index (χ1n) is 19.9. The second-order valence-electron chi connectivity index (χ2n) is 15.2. The van der Waals surface area contributed by atoms with Crippen molar-refractivity contribution in [1.29, 1.82) is 0 Å². The molecule has 0 heterocycles. The Morgan fingerprint density at radius 2 is 0.702 bits per heavy atom. The van der Waals surface area contributed by atoms with Crippen LogP contribution in [0.15, 0.2) is 224 Å². The van der Waals surface area contributed by atoms with Crippen LogP contribution in [0, 0.1) is 0 Å². The van der Waals surface area contributed by atoms with Crippen molar-refractivity contribution in [1.82, 2.24) is 0 Å². The average Bonchev–Trinajstić information content (AvgIpc) is 3.76. The van der Waals surface area contributed by atoms with Crippen LogP contribution >= 0.6 is 0 Å². The first kappa shape index (κ1) is 33.1. The van der Waals surface area contributed by atoms with Crippen LogP contribution in [0.25, 0.3) is 55.6 Å². The Kier molecular flexibility index (Phi) is 7.86. The summed E-state index contributed by atoms with van der Waals surface area (Å²) in [5, 5.41) is 0. The minimum Gasteiger partial charge on any atom is -0.337 e. The molecule has 2 aliphatic rings. The zero-order chi connectivity index (χ0) is 37.8. The molecule has 0 bridgehead atoms. The second-order valence-corrected chi connectivity index (χ2v) is 15.2. The van der Waals surface area contributed by atoms with E-state index < -0.39 is 5.41 Å². The van der Waals surface area contributed by atoms with Crippen LogP contribution in [0.2, 0.25) is 0 Å². The van der Waals surface area contributed by atoms with E-state index in [4.69, 9.17) is 0 Å². The highest BCUT2D eigenvalue weighted by molar-refractivity contribution is 5.96. The summed E-state index contributed by atoms with van der Waals surface area (Å²) in [6, 6.07) is 82.7. The van der Waals surface area contributed by atoms with Crippen LogP contribution in [0.3, 0.4) is 0 Å². The van der Waals surface area contributed by atoms with Gasteiger partial charge in [-0.1, -0.05) is 194 Å². The molecule has 0 saturated carbocycles. The maximum atomic E-state index is 2.52. The van der Waals surface area contributed by atoms with Crippen LogP contribution in [0.5, 0.6) is 0 Å². The van der Waals surface area contributed by atoms with Crippen molar-refractivity contribution in [3.05, 3.63) is 252 Å². The summed E-state index contributed by atoms with van der Waals surface area (Å²) in [4.78, 5) is 2.52. The fraction of sp³-hybridized carbons (Fsp3) is 0.0357. The van der Waals surface area contributed by atoms with E-state index in [1.54, 1.807) is 0 Å². The number of rotatable bonds is 7. The van der Waals surface area contributed by atoms with Gasteiger partial charge in [0.05, 0.1) is 5.41 Å². The number of hydrogen-bond donors (Lipinski definition) is 0. The minimum atomic E-state index is -0.412. The lowest BCUT2D eigenvalue weighted by atomic mass is 9.70. The third-order valence-electron chi connectivity index (χ3n) is 12.2. The summed E-state index contributed by atoms with van der Waals surface area (Å²) < 4.78 is 0. The van der Waals surface area contributed by atoms with Crippen LogP contribution in [0.1, 0.15) is 27.8 Å². The first-order valence-corrected chi connectivity index (χ1v) is 19.9. The van der Waals surface area contributed by atoms with Crippen molar-refractivity contribution in [3.8, 4) is 55.6 Å². The molecule has 2 aliphatic carbocycles. The molecule has 0 atom stereocenters. The number of fused-ring (bicyclic) bond motifs is 10. The van der Waals surface area contributed by atoms with E-state index in [9.17, 15) is 0 Å². The fourth-order valence-electron chi connectivity index (χ4n) is 9.63. The second kappa shape index (κ2) is 13.5. The molecule has 0 unspecified atom stereocenters. The predicted molar refractivity (Wildman–Crippen MR) is 238 cm³/mol. The Hall–Kier alpha value is -7.22. The number of nitrogens with zero attached hydrogens (tertiary/aromatic N) is 1. The third-order valence-corrected chi connectivity index (χ3v) is 12.2. The van der Waals surface area contributed by atoms with Gasteiger partial charge in [-0.3, -0.25) is 0 Å². The lowest BCUT2D eigenvalue weighted by molar-refractivity contribution is 0.792. The van der Waals surface area contributed by atoms with E-state index in [2.05, 4.69) is 229 Å². The summed E-state index contributed by atoms with van der Waals surface area (Å²) >= 11 is 0. The molecule has 11 rings (SSSR count). The molecule has 57 heavy (non-hydrogen) atoms. The number of anilines is 2. The molecular formula is C56H39N. The molecule has 0 saturated heterocycles. The molecule has 1 heteroatoms.